The molecule has 0 bridgehead atoms. The summed E-state index contributed by atoms with van der Waals surface area (Å²) in [6, 6.07) is 25.7. The number of phosphoric acid groups is 1. The Kier molecular flexibility index (Phi) is 13.8. The summed E-state index contributed by atoms with van der Waals surface area (Å²) in [6.07, 6.45) is -0.505. The molecule has 3 amide bonds. The molecule has 4 rings (SSSR count). The Bertz CT molecular complexity index is 1880. The van der Waals surface area contributed by atoms with E-state index in [9.17, 15) is 28.5 Å². The van der Waals surface area contributed by atoms with Gasteiger partial charge in [0.1, 0.15) is 30.9 Å². The average molecular weight is 721 g/mol. The van der Waals surface area contributed by atoms with Crippen molar-refractivity contribution in [2.45, 2.75) is 44.2 Å². The SMILES string of the molecule is O=C([OH2+])CCC(=O)OCCNC(=O)C(Cc1ccc(OP(=O)(O)O)cc1)NC(=O)[C@@H](Cc1ccccc1)NC(=O)Cc1ccc2ccccc2c1. The second-order valence-corrected chi connectivity index (χ2v) is 12.8. The van der Waals surface area contributed by atoms with Crippen molar-refractivity contribution in [1.82, 2.24) is 16.0 Å². The number of fused-ring (bicyclic) bond motifs is 1. The molecule has 0 radical (unpaired) electrons. The number of rotatable bonds is 18. The van der Waals surface area contributed by atoms with Gasteiger partial charge in [0.05, 0.1) is 19.4 Å². The highest BCUT2D eigenvalue weighted by Crippen LogP contribution is 2.37. The van der Waals surface area contributed by atoms with E-state index < -0.39 is 49.6 Å². The fraction of sp³-hybridized carbons (Fsp3) is 0.250. The first-order chi connectivity index (χ1) is 24.3. The minimum Gasteiger partial charge on any atom is -0.565 e. The van der Waals surface area contributed by atoms with E-state index in [-0.39, 0.29) is 51.0 Å². The summed E-state index contributed by atoms with van der Waals surface area (Å²) in [5, 5.41) is 17.0. The summed E-state index contributed by atoms with van der Waals surface area (Å²) >= 11 is 0. The third-order valence-electron chi connectivity index (χ3n) is 7.55. The Morgan fingerprint density at radius 1 is 0.706 bits per heavy atom. The van der Waals surface area contributed by atoms with Crippen LogP contribution in [0.3, 0.4) is 0 Å². The normalized spacial score (nSPS) is 12.3. The van der Waals surface area contributed by atoms with E-state index in [1.54, 1.807) is 12.1 Å². The van der Waals surface area contributed by atoms with Crippen molar-refractivity contribution in [3.8, 4) is 5.75 Å². The molecule has 0 aliphatic rings. The predicted molar refractivity (Wildman–Crippen MR) is 186 cm³/mol. The molecular formula is C36H39N3O11P+. The number of hydrogen-bond donors (Lipinski definition) is 5. The maximum atomic E-state index is 13.8. The first-order valence-electron chi connectivity index (χ1n) is 16.0. The third-order valence-corrected chi connectivity index (χ3v) is 8.00. The smallest absolute Gasteiger partial charge is 0.524 e. The topological polar surface area (TPSA) is 220 Å². The molecule has 0 aliphatic heterocycles. The minimum atomic E-state index is -4.80. The molecular weight excluding hydrogens is 681 g/mol. The van der Waals surface area contributed by atoms with Gasteiger partial charge in [-0.2, -0.15) is 0 Å². The molecule has 0 spiro atoms. The van der Waals surface area contributed by atoms with Crippen LogP contribution >= 0.6 is 7.82 Å². The quantitative estimate of drug-likeness (QED) is 0.0436. The van der Waals surface area contributed by atoms with Crippen molar-refractivity contribution in [2.75, 3.05) is 13.2 Å². The molecule has 0 aromatic heterocycles. The number of benzene rings is 4. The van der Waals surface area contributed by atoms with Crippen molar-refractivity contribution < 1.29 is 52.7 Å². The van der Waals surface area contributed by atoms with Gasteiger partial charge in [-0.05, 0) is 39.6 Å². The molecule has 268 valence electrons. The fourth-order valence-corrected chi connectivity index (χ4v) is 5.53. The third kappa shape index (κ3) is 13.3. The molecule has 1 unspecified atom stereocenters. The van der Waals surface area contributed by atoms with E-state index >= 15 is 0 Å². The van der Waals surface area contributed by atoms with E-state index in [1.807, 2.05) is 60.7 Å². The molecule has 4 aromatic rings. The van der Waals surface area contributed by atoms with Gasteiger partial charge in [0.2, 0.25) is 17.7 Å². The van der Waals surface area contributed by atoms with Gasteiger partial charge in [-0.25, -0.2) is 4.57 Å². The summed E-state index contributed by atoms with van der Waals surface area (Å²) < 4.78 is 20.8. The van der Waals surface area contributed by atoms with Crippen LogP contribution in [0.4, 0.5) is 0 Å². The van der Waals surface area contributed by atoms with Crippen LogP contribution in [0.15, 0.2) is 97.1 Å². The maximum absolute atomic E-state index is 13.8. The molecule has 51 heavy (non-hydrogen) atoms. The lowest BCUT2D eigenvalue weighted by Crippen LogP contribution is -2.55. The molecule has 7 N–H and O–H groups in total. The highest BCUT2D eigenvalue weighted by Gasteiger charge is 2.28. The zero-order valence-electron chi connectivity index (χ0n) is 27.4. The number of nitrogens with one attached hydrogen (secondary N) is 3. The van der Waals surface area contributed by atoms with Gasteiger partial charge >= 0.3 is 19.8 Å². The van der Waals surface area contributed by atoms with Crippen LogP contribution in [0.2, 0.25) is 0 Å². The van der Waals surface area contributed by atoms with Gasteiger partial charge in [0, 0.05) is 17.6 Å². The second kappa shape index (κ2) is 18.4. The van der Waals surface area contributed by atoms with Gasteiger partial charge in [-0.3, -0.25) is 29.0 Å². The number of hydrogen-bond acceptors (Lipinski definition) is 8. The molecule has 0 heterocycles. The summed E-state index contributed by atoms with van der Waals surface area (Å²) in [5.41, 5.74) is 2.01. The monoisotopic (exact) mass is 720 g/mol. The Hall–Kier alpha value is -5.56. The number of carbonyl (C=O) groups excluding carboxylic acids is 5. The lowest BCUT2D eigenvalue weighted by atomic mass is 10.0. The Morgan fingerprint density at radius 3 is 1.98 bits per heavy atom. The van der Waals surface area contributed by atoms with Crippen LogP contribution < -0.4 is 20.5 Å². The second-order valence-electron chi connectivity index (χ2n) is 11.6. The highest BCUT2D eigenvalue weighted by atomic mass is 31.2. The van der Waals surface area contributed by atoms with Gasteiger partial charge < -0.3 is 30.3 Å². The number of carbonyl (C=O) groups is 5. The number of amides is 3. The number of phosphoric ester groups is 1. The number of esters is 1. The van der Waals surface area contributed by atoms with Crippen LogP contribution in [0.5, 0.6) is 5.75 Å². The van der Waals surface area contributed by atoms with Crippen LogP contribution in [0.25, 0.3) is 10.8 Å². The van der Waals surface area contributed by atoms with Crippen LogP contribution in [-0.4, -0.2) is 69.8 Å². The molecule has 15 heteroatoms. The van der Waals surface area contributed by atoms with E-state index in [0.29, 0.717) is 5.56 Å². The molecule has 4 aromatic carbocycles. The maximum Gasteiger partial charge on any atom is 0.524 e. The Balaban J connectivity index is 1.49. The van der Waals surface area contributed by atoms with Crippen LogP contribution in [-0.2, 0) is 52.5 Å². The van der Waals surface area contributed by atoms with Gasteiger partial charge in [-0.1, -0.05) is 84.9 Å². The molecule has 2 atom stereocenters. The Morgan fingerprint density at radius 2 is 1.31 bits per heavy atom. The first-order valence-corrected chi connectivity index (χ1v) is 17.5. The number of ether oxygens (including phenoxy) is 1. The zero-order valence-corrected chi connectivity index (χ0v) is 28.3. The molecule has 0 saturated carbocycles. The van der Waals surface area contributed by atoms with Gasteiger partial charge in [0.25, 0.3) is 0 Å². The zero-order chi connectivity index (χ0) is 36.8. The van der Waals surface area contributed by atoms with E-state index in [2.05, 4.69) is 20.5 Å². The standard InChI is InChI=1S/C36H38N3O11P/c40-32(23-26-10-13-27-8-4-5-9-28(27)20-26)38-31(21-24-6-2-1-3-7-24)36(45)39-30(22-25-11-14-29(15-12-25)50-51(46,47)48)35(44)37-18-19-49-34(43)17-16-33(41)42/h1-15,20,30-31H,16-19,21-23H2,(H,37,44)(H,38,40)(H,39,45)(H,41,42)(H2,46,47,48)/p+1/t30?,31-/m1/s1. The Labute approximate surface area is 293 Å². The lowest BCUT2D eigenvalue weighted by molar-refractivity contribution is -0.147. The molecule has 0 aliphatic carbocycles. The fourth-order valence-electron chi connectivity index (χ4n) is 5.13. The summed E-state index contributed by atoms with van der Waals surface area (Å²) in [5.74, 6) is -3.41. The van der Waals surface area contributed by atoms with E-state index in [0.717, 1.165) is 21.9 Å². The first kappa shape index (κ1) is 38.2. The largest absolute Gasteiger partial charge is 0.565 e. The summed E-state index contributed by atoms with van der Waals surface area (Å²) in [7, 11) is -4.80. The summed E-state index contributed by atoms with van der Waals surface area (Å²) in [6.45, 7) is -0.357. The van der Waals surface area contributed by atoms with Crippen molar-refractivity contribution >= 4 is 48.3 Å². The predicted octanol–water partition coefficient (Wildman–Crippen LogP) is 2.00. The van der Waals surface area contributed by atoms with Crippen molar-refractivity contribution in [3.63, 3.8) is 0 Å². The average Bonchev–Trinajstić information content (AvgIpc) is 3.09. The van der Waals surface area contributed by atoms with E-state index in [4.69, 9.17) is 19.6 Å². The molecule has 0 saturated heterocycles. The van der Waals surface area contributed by atoms with Gasteiger partial charge in [0.15, 0.2) is 0 Å². The van der Waals surface area contributed by atoms with Crippen LogP contribution in [0, 0.1) is 0 Å². The minimum absolute atomic E-state index is 0.00498. The summed E-state index contributed by atoms with van der Waals surface area (Å²) in [4.78, 5) is 81.3. The van der Waals surface area contributed by atoms with E-state index in [1.165, 1.54) is 24.3 Å². The van der Waals surface area contributed by atoms with Gasteiger partial charge in [-0.15, -0.1) is 0 Å². The van der Waals surface area contributed by atoms with Crippen molar-refractivity contribution in [2.24, 2.45) is 0 Å². The molecule has 0 fully saturated rings. The lowest BCUT2D eigenvalue weighted by Gasteiger charge is -2.24. The highest BCUT2D eigenvalue weighted by molar-refractivity contribution is 7.46. The van der Waals surface area contributed by atoms with Crippen molar-refractivity contribution in [1.29, 1.82) is 0 Å². The van der Waals surface area contributed by atoms with Crippen LogP contribution in [0.1, 0.15) is 29.5 Å². The molecule has 14 nitrogen and oxygen atoms in total. The van der Waals surface area contributed by atoms with Crippen molar-refractivity contribution in [3.05, 3.63) is 114 Å².